The molecule has 2 aromatic carbocycles. The molecule has 1 unspecified atom stereocenters. The molecular weight excluding hydrogens is 534 g/mol. The average molecular weight is 564 g/mol. The normalized spacial score (nSPS) is 20.7. The Balaban J connectivity index is 1.03. The van der Waals surface area contributed by atoms with E-state index in [0.717, 1.165) is 27.2 Å². The molecule has 42 heavy (non-hydrogen) atoms. The zero-order valence-corrected chi connectivity index (χ0v) is 22.8. The number of carbonyl (C=O) groups excluding carboxylic acids is 4. The van der Waals surface area contributed by atoms with Crippen LogP contribution < -0.4 is 5.32 Å². The van der Waals surface area contributed by atoms with Gasteiger partial charge in [-0.3, -0.25) is 34.3 Å². The van der Waals surface area contributed by atoms with Crippen LogP contribution in [0.3, 0.4) is 0 Å². The first kappa shape index (κ1) is 26.2. The van der Waals surface area contributed by atoms with Gasteiger partial charge in [0, 0.05) is 37.8 Å². The van der Waals surface area contributed by atoms with Crippen molar-refractivity contribution in [3.8, 4) is 11.3 Å². The van der Waals surface area contributed by atoms with Crippen molar-refractivity contribution in [3.05, 3.63) is 95.2 Å². The zero-order chi connectivity index (χ0) is 29.0. The predicted molar refractivity (Wildman–Crippen MR) is 152 cm³/mol. The van der Waals surface area contributed by atoms with Gasteiger partial charge in [0.25, 0.3) is 11.8 Å². The molecule has 2 N–H and O–H groups in total. The van der Waals surface area contributed by atoms with Crippen molar-refractivity contribution in [1.29, 1.82) is 0 Å². The Hall–Kier alpha value is -4.67. The molecule has 0 saturated carbocycles. The third kappa shape index (κ3) is 4.49. The van der Waals surface area contributed by atoms with Crippen molar-refractivity contribution < 1.29 is 24.3 Å². The summed E-state index contributed by atoms with van der Waals surface area (Å²) in [4.78, 5) is 53.4. The number of benzene rings is 2. The Labute approximate surface area is 241 Å². The van der Waals surface area contributed by atoms with Crippen LogP contribution in [0.4, 0.5) is 0 Å². The van der Waals surface area contributed by atoms with E-state index < -0.39 is 35.3 Å². The molecule has 3 aliphatic heterocycles. The number of carbonyl (C=O) groups is 4. The molecule has 0 bridgehead atoms. The molecule has 1 atom stereocenters. The number of rotatable bonds is 5. The Morgan fingerprint density at radius 3 is 2.43 bits per heavy atom. The van der Waals surface area contributed by atoms with E-state index in [9.17, 15) is 24.3 Å². The van der Waals surface area contributed by atoms with Crippen LogP contribution in [0.5, 0.6) is 0 Å². The van der Waals surface area contributed by atoms with Gasteiger partial charge in [0.2, 0.25) is 11.8 Å². The van der Waals surface area contributed by atoms with Gasteiger partial charge in [-0.15, -0.1) is 0 Å². The number of hydrogen-bond donors (Lipinski definition) is 2. The molecule has 0 radical (unpaired) electrons. The number of pyridine rings is 1. The highest BCUT2D eigenvalue weighted by Crippen LogP contribution is 2.37. The number of aliphatic hydroxyl groups is 1. The van der Waals surface area contributed by atoms with Crippen LogP contribution in [0.2, 0.25) is 0 Å². The Morgan fingerprint density at radius 1 is 0.905 bits per heavy atom. The third-order valence-electron chi connectivity index (χ3n) is 8.66. The summed E-state index contributed by atoms with van der Waals surface area (Å²) in [5, 5.41) is 18.6. The molecule has 0 spiro atoms. The molecule has 5 heterocycles. The second kappa shape index (κ2) is 10.0. The third-order valence-corrected chi connectivity index (χ3v) is 8.66. The molecule has 10 heteroatoms. The number of fused-ring (bicyclic) bond motifs is 2. The van der Waals surface area contributed by atoms with E-state index in [1.54, 1.807) is 18.2 Å². The minimum atomic E-state index is -1.15. The lowest BCUT2D eigenvalue weighted by Gasteiger charge is -2.38. The van der Waals surface area contributed by atoms with Crippen LogP contribution in [0.15, 0.2) is 72.9 Å². The highest BCUT2D eigenvalue weighted by molar-refractivity contribution is 6.23. The second-order valence-corrected chi connectivity index (χ2v) is 11.3. The molecule has 2 saturated heterocycles. The van der Waals surface area contributed by atoms with E-state index >= 15 is 0 Å². The first-order valence-corrected chi connectivity index (χ1v) is 14.1. The first-order valence-electron chi connectivity index (χ1n) is 14.1. The smallest absolute Gasteiger partial charge is 0.262 e. The molecule has 4 amide bonds. The Morgan fingerprint density at radius 2 is 1.67 bits per heavy atom. The highest BCUT2D eigenvalue weighted by atomic mass is 16.3. The molecule has 10 nitrogen and oxygen atoms in total. The summed E-state index contributed by atoms with van der Waals surface area (Å²) in [6.45, 7) is 2.01. The van der Waals surface area contributed by atoms with E-state index in [0.29, 0.717) is 38.0 Å². The van der Waals surface area contributed by atoms with Crippen molar-refractivity contribution >= 4 is 29.1 Å². The molecule has 2 fully saturated rings. The Bertz CT molecular complexity index is 1760. The van der Waals surface area contributed by atoms with Gasteiger partial charge in [0.1, 0.15) is 6.04 Å². The highest BCUT2D eigenvalue weighted by Gasteiger charge is 2.45. The summed E-state index contributed by atoms with van der Waals surface area (Å²) >= 11 is 0. The van der Waals surface area contributed by atoms with Gasteiger partial charge in [-0.1, -0.05) is 42.5 Å². The number of aromatic nitrogens is 2. The SMILES string of the molecule is O=C1CCC(N2C(=O)c3ccc(C4(O)CCN(Cc5ccc6cc(-c7ccccc7)nn6c5)CC4)cc3C2=O)C(=O)N1. The van der Waals surface area contributed by atoms with Gasteiger partial charge >= 0.3 is 0 Å². The molecule has 0 aliphatic carbocycles. The number of likely N-dealkylation sites (tertiary alicyclic amines) is 1. The number of imide groups is 2. The fourth-order valence-electron chi connectivity index (χ4n) is 6.26. The number of amides is 4. The molecule has 3 aliphatic rings. The first-order chi connectivity index (χ1) is 20.3. The summed E-state index contributed by atoms with van der Waals surface area (Å²) < 4.78 is 1.90. The van der Waals surface area contributed by atoms with Crippen molar-refractivity contribution in [3.63, 3.8) is 0 Å². The predicted octanol–water partition coefficient (Wildman–Crippen LogP) is 2.89. The summed E-state index contributed by atoms with van der Waals surface area (Å²) in [5.41, 5.74) is 3.95. The van der Waals surface area contributed by atoms with Gasteiger partial charge in [-0.2, -0.15) is 5.10 Å². The number of nitrogens with one attached hydrogen (secondary N) is 1. The zero-order valence-electron chi connectivity index (χ0n) is 22.8. The van der Waals surface area contributed by atoms with Crippen LogP contribution in [0, 0.1) is 0 Å². The van der Waals surface area contributed by atoms with Gasteiger partial charge in [0.05, 0.1) is 27.9 Å². The van der Waals surface area contributed by atoms with Gasteiger partial charge in [0.15, 0.2) is 0 Å². The maximum Gasteiger partial charge on any atom is 0.262 e. The van der Waals surface area contributed by atoms with Crippen LogP contribution in [0.25, 0.3) is 16.8 Å². The molecule has 7 rings (SSSR count). The van der Waals surface area contributed by atoms with Crippen LogP contribution in [-0.4, -0.2) is 67.3 Å². The Kier molecular flexibility index (Phi) is 6.25. The van der Waals surface area contributed by atoms with Gasteiger partial charge < -0.3 is 5.11 Å². The molecule has 4 aromatic rings. The van der Waals surface area contributed by atoms with Crippen molar-refractivity contribution in [2.45, 2.75) is 43.9 Å². The van der Waals surface area contributed by atoms with E-state index in [1.165, 1.54) is 0 Å². The standard InChI is InChI=1S/C32H29N5O5/c38-28-11-10-27(29(39)33-28)37-30(40)24-9-7-22(16-25(24)31(37)41)32(42)12-14-35(15-13-32)18-20-6-8-23-17-26(34-36(23)19-20)21-4-2-1-3-5-21/h1-9,16-17,19,27,42H,10-15,18H2,(H,33,38,39). The summed E-state index contributed by atoms with van der Waals surface area (Å²) in [5.74, 6) is -2.18. The summed E-state index contributed by atoms with van der Waals surface area (Å²) in [6, 6.07) is 20.1. The fraction of sp³-hybridized carbons (Fsp3) is 0.281. The van der Waals surface area contributed by atoms with Gasteiger partial charge in [-0.05, 0) is 54.7 Å². The number of hydrogen-bond acceptors (Lipinski definition) is 7. The van der Waals surface area contributed by atoms with Crippen molar-refractivity contribution in [2.24, 2.45) is 0 Å². The largest absolute Gasteiger partial charge is 0.385 e. The van der Waals surface area contributed by atoms with Crippen LogP contribution >= 0.6 is 0 Å². The number of piperidine rings is 2. The summed E-state index contributed by atoms with van der Waals surface area (Å²) in [7, 11) is 0. The van der Waals surface area contributed by atoms with E-state index in [1.807, 2.05) is 41.0 Å². The average Bonchev–Trinajstić information content (AvgIpc) is 3.53. The lowest BCUT2D eigenvalue weighted by Crippen LogP contribution is -2.54. The van der Waals surface area contributed by atoms with E-state index in [-0.39, 0.29) is 24.0 Å². The van der Waals surface area contributed by atoms with E-state index in [4.69, 9.17) is 5.10 Å². The summed E-state index contributed by atoms with van der Waals surface area (Å²) in [6.07, 6.45) is 3.14. The van der Waals surface area contributed by atoms with Crippen LogP contribution in [-0.2, 0) is 21.7 Å². The molecule has 212 valence electrons. The monoisotopic (exact) mass is 563 g/mol. The minimum absolute atomic E-state index is 0.0653. The number of nitrogens with zero attached hydrogens (tertiary/aromatic N) is 4. The second-order valence-electron chi connectivity index (χ2n) is 11.3. The van der Waals surface area contributed by atoms with Crippen molar-refractivity contribution in [1.82, 2.24) is 24.7 Å². The molecular formula is C32H29N5O5. The fourth-order valence-corrected chi connectivity index (χ4v) is 6.26. The lowest BCUT2D eigenvalue weighted by atomic mass is 9.83. The van der Waals surface area contributed by atoms with Gasteiger partial charge in [-0.25, -0.2) is 4.52 Å². The maximum atomic E-state index is 13.2. The lowest BCUT2D eigenvalue weighted by molar-refractivity contribution is -0.136. The van der Waals surface area contributed by atoms with Crippen molar-refractivity contribution in [2.75, 3.05) is 13.1 Å². The topological polar surface area (TPSA) is 124 Å². The van der Waals surface area contributed by atoms with Crippen LogP contribution in [0.1, 0.15) is 57.5 Å². The van der Waals surface area contributed by atoms with E-state index in [2.05, 4.69) is 28.4 Å². The maximum absolute atomic E-state index is 13.2. The minimum Gasteiger partial charge on any atom is -0.385 e. The quantitative estimate of drug-likeness (QED) is 0.358. The molecule has 2 aromatic heterocycles.